The molecular formula is C8H11N3. The van der Waals surface area contributed by atoms with Crippen molar-refractivity contribution in [2.24, 2.45) is 0 Å². The first-order chi connectivity index (χ1) is 5.36. The minimum Gasteiger partial charge on any atom is -0.399 e. The summed E-state index contributed by atoms with van der Waals surface area (Å²) in [5.41, 5.74) is 7.47. The minimum atomic E-state index is 0.443. The summed E-state index contributed by atoms with van der Waals surface area (Å²) < 4.78 is 0. The van der Waals surface area contributed by atoms with E-state index in [0.29, 0.717) is 6.04 Å². The van der Waals surface area contributed by atoms with Crippen LogP contribution in [0.5, 0.6) is 0 Å². The Labute approximate surface area is 65.6 Å². The Morgan fingerprint density at radius 2 is 2.45 bits per heavy atom. The first kappa shape index (κ1) is 6.61. The normalized spacial score (nSPS) is 22.7. The van der Waals surface area contributed by atoms with Crippen molar-refractivity contribution in [3.8, 4) is 0 Å². The van der Waals surface area contributed by atoms with Gasteiger partial charge in [-0.15, -0.1) is 0 Å². The van der Waals surface area contributed by atoms with Crippen LogP contribution in [0, 0.1) is 0 Å². The van der Waals surface area contributed by atoms with Gasteiger partial charge in [0.05, 0.1) is 11.7 Å². The van der Waals surface area contributed by atoms with Gasteiger partial charge < -0.3 is 11.1 Å². The molecule has 1 aliphatic rings. The van der Waals surface area contributed by atoms with Gasteiger partial charge in [-0.2, -0.15) is 0 Å². The van der Waals surface area contributed by atoms with Gasteiger partial charge in [0.1, 0.15) is 0 Å². The van der Waals surface area contributed by atoms with Gasteiger partial charge in [0.15, 0.2) is 0 Å². The Hall–Kier alpha value is -1.09. The van der Waals surface area contributed by atoms with Crippen molar-refractivity contribution < 1.29 is 0 Å². The molecule has 3 nitrogen and oxygen atoms in total. The summed E-state index contributed by atoms with van der Waals surface area (Å²) in [6.07, 6.45) is 2.93. The highest BCUT2D eigenvalue weighted by atomic mass is 15.0. The largest absolute Gasteiger partial charge is 0.399 e. The molecule has 0 aliphatic carbocycles. The summed E-state index contributed by atoms with van der Waals surface area (Å²) in [4.78, 5) is 4.22. The molecule has 2 heterocycles. The minimum absolute atomic E-state index is 0.443. The molecular weight excluding hydrogens is 138 g/mol. The maximum Gasteiger partial charge on any atom is 0.0594 e. The van der Waals surface area contributed by atoms with Crippen LogP contribution in [-0.2, 0) is 0 Å². The van der Waals surface area contributed by atoms with Gasteiger partial charge in [-0.05, 0) is 25.1 Å². The van der Waals surface area contributed by atoms with E-state index in [4.69, 9.17) is 5.73 Å². The molecule has 0 amide bonds. The van der Waals surface area contributed by atoms with Gasteiger partial charge >= 0.3 is 0 Å². The summed E-state index contributed by atoms with van der Waals surface area (Å²) in [6.45, 7) is 1.10. The number of anilines is 1. The molecule has 3 heteroatoms. The number of nitrogens with two attached hydrogens (primary N) is 1. The molecule has 11 heavy (non-hydrogen) atoms. The molecule has 1 atom stereocenters. The van der Waals surface area contributed by atoms with E-state index >= 15 is 0 Å². The fraction of sp³-hybridized carbons (Fsp3) is 0.375. The highest BCUT2D eigenvalue weighted by Gasteiger charge is 2.19. The molecule has 1 aromatic rings. The summed E-state index contributed by atoms with van der Waals surface area (Å²) >= 11 is 0. The van der Waals surface area contributed by atoms with Crippen molar-refractivity contribution in [1.82, 2.24) is 10.3 Å². The Kier molecular flexibility index (Phi) is 1.51. The number of nitrogens with one attached hydrogen (secondary N) is 1. The standard InChI is InChI=1S/C8H11N3/c9-6-1-3-11-8(5-6)7-2-4-10-7/h1,3,5,7,10H,2,4H2,(H2,9,11)/t7-/m0/s1. The molecule has 1 aliphatic heterocycles. The van der Waals surface area contributed by atoms with Crippen LogP contribution in [0.1, 0.15) is 18.2 Å². The zero-order valence-corrected chi connectivity index (χ0v) is 6.25. The molecule has 0 bridgehead atoms. The molecule has 0 radical (unpaired) electrons. The number of nitrogens with zero attached hydrogens (tertiary/aromatic N) is 1. The molecule has 1 fully saturated rings. The van der Waals surface area contributed by atoms with Crippen LogP contribution in [0.15, 0.2) is 18.3 Å². The SMILES string of the molecule is Nc1ccnc([C@@H]2CCN2)c1. The summed E-state index contributed by atoms with van der Waals surface area (Å²) in [5, 5.41) is 3.27. The second kappa shape index (κ2) is 2.51. The fourth-order valence-corrected chi connectivity index (χ4v) is 1.20. The number of rotatable bonds is 1. The molecule has 1 saturated heterocycles. The lowest BCUT2D eigenvalue weighted by atomic mass is 10.0. The van der Waals surface area contributed by atoms with Crippen LogP contribution >= 0.6 is 0 Å². The third-order valence-electron chi connectivity index (χ3n) is 1.99. The van der Waals surface area contributed by atoms with E-state index < -0.39 is 0 Å². The van der Waals surface area contributed by atoms with Gasteiger partial charge in [0.2, 0.25) is 0 Å². The van der Waals surface area contributed by atoms with E-state index in [1.807, 2.05) is 12.1 Å². The summed E-state index contributed by atoms with van der Waals surface area (Å²) in [7, 11) is 0. The zero-order chi connectivity index (χ0) is 7.68. The number of pyridine rings is 1. The van der Waals surface area contributed by atoms with Crippen LogP contribution in [0.25, 0.3) is 0 Å². The highest BCUT2D eigenvalue weighted by molar-refractivity contribution is 5.38. The van der Waals surface area contributed by atoms with Gasteiger partial charge in [-0.1, -0.05) is 0 Å². The van der Waals surface area contributed by atoms with Crippen LogP contribution in [-0.4, -0.2) is 11.5 Å². The number of aromatic nitrogens is 1. The monoisotopic (exact) mass is 149 g/mol. The van der Waals surface area contributed by atoms with Gasteiger partial charge in [0.25, 0.3) is 0 Å². The zero-order valence-electron chi connectivity index (χ0n) is 6.25. The molecule has 1 aromatic heterocycles. The van der Waals surface area contributed by atoms with E-state index in [9.17, 15) is 0 Å². The van der Waals surface area contributed by atoms with Crippen LogP contribution in [0.3, 0.4) is 0 Å². The molecule has 3 N–H and O–H groups in total. The van der Waals surface area contributed by atoms with Gasteiger partial charge in [-0.3, -0.25) is 4.98 Å². The quantitative estimate of drug-likeness (QED) is 0.618. The van der Waals surface area contributed by atoms with Crippen molar-refractivity contribution in [3.05, 3.63) is 24.0 Å². The van der Waals surface area contributed by atoms with E-state index in [0.717, 1.165) is 17.9 Å². The fourth-order valence-electron chi connectivity index (χ4n) is 1.20. The molecule has 2 rings (SSSR count). The molecule has 0 aromatic carbocycles. The number of hydrogen-bond donors (Lipinski definition) is 2. The molecule has 0 spiro atoms. The van der Waals surface area contributed by atoms with Crippen LogP contribution < -0.4 is 11.1 Å². The highest BCUT2D eigenvalue weighted by Crippen LogP contribution is 2.21. The van der Waals surface area contributed by atoms with Crippen molar-refractivity contribution in [2.45, 2.75) is 12.5 Å². The Morgan fingerprint density at radius 1 is 1.64 bits per heavy atom. The Morgan fingerprint density at radius 3 is 3.00 bits per heavy atom. The van der Waals surface area contributed by atoms with E-state index in [1.165, 1.54) is 6.42 Å². The van der Waals surface area contributed by atoms with Crippen molar-refractivity contribution in [3.63, 3.8) is 0 Å². The smallest absolute Gasteiger partial charge is 0.0594 e. The first-order valence-electron chi connectivity index (χ1n) is 3.81. The number of nitrogen functional groups attached to an aromatic ring is 1. The van der Waals surface area contributed by atoms with Crippen molar-refractivity contribution in [2.75, 3.05) is 12.3 Å². The lowest BCUT2D eigenvalue weighted by Crippen LogP contribution is -2.35. The lowest BCUT2D eigenvalue weighted by molar-refractivity contribution is 0.375. The van der Waals surface area contributed by atoms with E-state index in [2.05, 4.69) is 10.3 Å². The Bertz CT molecular complexity index is 255. The van der Waals surface area contributed by atoms with Crippen molar-refractivity contribution in [1.29, 1.82) is 0 Å². The topological polar surface area (TPSA) is 50.9 Å². The second-order valence-corrected chi connectivity index (χ2v) is 2.81. The number of hydrogen-bond acceptors (Lipinski definition) is 3. The predicted molar refractivity (Wildman–Crippen MR) is 44.0 cm³/mol. The van der Waals surface area contributed by atoms with Crippen LogP contribution in [0.2, 0.25) is 0 Å². The van der Waals surface area contributed by atoms with Crippen molar-refractivity contribution >= 4 is 5.69 Å². The molecule has 0 saturated carbocycles. The molecule has 58 valence electrons. The maximum absolute atomic E-state index is 5.61. The molecule has 0 unspecified atom stereocenters. The first-order valence-corrected chi connectivity index (χ1v) is 3.81. The third-order valence-corrected chi connectivity index (χ3v) is 1.99. The average molecular weight is 149 g/mol. The van der Waals surface area contributed by atoms with E-state index in [1.54, 1.807) is 6.20 Å². The third kappa shape index (κ3) is 1.19. The second-order valence-electron chi connectivity index (χ2n) is 2.81. The average Bonchev–Trinajstić information content (AvgIpc) is 1.83. The summed E-state index contributed by atoms with van der Waals surface area (Å²) in [5.74, 6) is 0. The van der Waals surface area contributed by atoms with Crippen LogP contribution in [0.4, 0.5) is 5.69 Å². The lowest BCUT2D eigenvalue weighted by Gasteiger charge is -2.26. The Balaban J connectivity index is 2.23. The predicted octanol–water partition coefficient (Wildman–Crippen LogP) is 0.698. The van der Waals surface area contributed by atoms with E-state index in [-0.39, 0.29) is 0 Å². The van der Waals surface area contributed by atoms with Gasteiger partial charge in [-0.25, -0.2) is 0 Å². The maximum atomic E-state index is 5.61. The summed E-state index contributed by atoms with van der Waals surface area (Å²) in [6, 6.07) is 4.18. The van der Waals surface area contributed by atoms with Gasteiger partial charge in [0, 0.05) is 11.9 Å².